The van der Waals surface area contributed by atoms with Gasteiger partial charge in [0.05, 0.1) is 0 Å². The maximum Gasteiger partial charge on any atom is 0.354 e. The van der Waals surface area contributed by atoms with Gasteiger partial charge in [0.2, 0.25) is 5.91 Å². The van der Waals surface area contributed by atoms with Gasteiger partial charge in [-0.05, 0) is 6.07 Å². The molecule has 1 rings (SSSR count). The Hall–Kier alpha value is -1.45. The summed E-state index contributed by atoms with van der Waals surface area (Å²) in [6.07, 6.45) is 2.74. The topological polar surface area (TPSA) is 52.0 Å². The van der Waals surface area contributed by atoms with E-state index in [0.717, 1.165) is 4.57 Å². The molecule has 0 atom stereocenters. The molecule has 4 nitrogen and oxygen atoms in total. The van der Waals surface area contributed by atoms with Crippen LogP contribution in [-0.4, -0.2) is 15.5 Å². The molecule has 0 aliphatic heterocycles. The molecular weight excluding hydrogens is 132 g/mol. The SMILES string of the molecule is CC(=O)n1cccnc1=O. The summed E-state index contributed by atoms with van der Waals surface area (Å²) in [5.74, 6) is -0.321. The lowest BCUT2D eigenvalue weighted by molar-refractivity contribution is 0.0930. The van der Waals surface area contributed by atoms with Crippen molar-refractivity contribution in [2.24, 2.45) is 0 Å². The van der Waals surface area contributed by atoms with Crippen LogP contribution < -0.4 is 5.69 Å². The largest absolute Gasteiger partial charge is 0.354 e. The predicted octanol–water partition coefficient (Wildman–Crippen LogP) is -0.0966. The van der Waals surface area contributed by atoms with E-state index in [1.807, 2.05) is 0 Å². The van der Waals surface area contributed by atoms with E-state index >= 15 is 0 Å². The van der Waals surface area contributed by atoms with E-state index in [1.54, 1.807) is 0 Å². The number of carbonyl (C=O) groups is 1. The first kappa shape index (κ1) is 6.67. The molecule has 0 aliphatic carbocycles. The van der Waals surface area contributed by atoms with Crippen molar-refractivity contribution in [2.45, 2.75) is 6.92 Å². The van der Waals surface area contributed by atoms with Crippen molar-refractivity contribution in [1.29, 1.82) is 0 Å². The molecular formula is C6H6N2O2. The lowest BCUT2D eigenvalue weighted by atomic mass is 10.6. The number of hydrogen-bond acceptors (Lipinski definition) is 3. The Bertz CT molecular complexity index is 303. The molecule has 0 fully saturated rings. The Balaban J connectivity index is 3.29. The van der Waals surface area contributed by atoms with Gasteiger partial charge in [-0.1, -0.05) is 0 Å². The van der Waals surface area contributed by atoms with Crippen molar-refractivity contribution < 1.29 is 4.79 Å². The summed E-state index contributed by atoms with van der Waals surface area (Å²) < 4.78 is 0.944. The van der Waals surface area contributed by atoms with E-state index in [2.05, 4.69) is 4.98 Å². The third-order valence-corrected chi connectivity index (χ3v) is 1.05. The lowest BCUT2D eigenvalue weighted by Crippen LogP contribution is -2.25. The van der Waals surface area contributed by atoms with Crippen molar-refractivity contribution in [2.75, 3.05) is 0 Å². The molecule has 0 unspecified atom stereocenters. The van der Waals surface area contributed by atoms with Crippen molar-refractivity contribution >= 4 is 5.91 Å². The molecule has 0 amide bonds. The number of hydrogen-bond donors (Lipinski definition) is 0. The van der Waals surface area contributed by atoms with E-state index in [4.69, 9.17) is 0 Å². The molecule has 10 heavy (non-hydrogen) atoms. The van der Waals surface area contributed by atoms with E-state index in [9.17, 15) is 9.59 Å². The monoisotopic (exact) mass is 138 g/mol. The van der Waals surface area contributed by atoms with Crippen LogP contribution in [0.25, 0.3) is 0 Å². The fraction of sp³-hybridized carbons (Fsp3) is 0.167. The quantitative estimate of drug-likeness (QED) is 0.503. The standard InChI is InChI=1S/C6H6N2O2/c1-5(9)8-4-2-3-7-6(8)10/h2-4H,1H3. The summed E-state index contributed by atoms with van der Waals surface area (Å²) in [5.41, 5.74) is -0.532. The normalized spacial score (nSPS) is 9.30. The number of rotatable bonds is 0. The highest BCUT2D eigenvalue weighted by molar-refractivity contribution is 5.75. The molecule has 0 aromatic carbocycles. The van der Waals surface area contributed by atoms with Crippen LogP contribution in [0.2, 0.25) is 0 Å². The zero-order valence-electron chi connectivity index (χ0n) is 5.44. The van der Waals surface area contributed by atoms with Crippen LogP contribution in [0.3, 0.4) is 0 Å². The molecule has 1 aromatic rings. The summed E-state index contributed by atoms with van der Waals surface area (Å²) in [4.78, 5) is 24.7. The van der Waals surface area contributed by atoms with Gasteiger partial charge in [-0.2, -0.15) is 0 Å². The molecule has 0 saturated heterocycles. The van der Waals surface area contributed by atoms with Crippen molar-refractivity contribution in [3.05, 3.63) is 28.9 Å². The second-order valence-electron chi connectivity index (χ2n) is 1.79. The highest BCUT2D eigenvalue weighted by atomic mass is 16.2. The summed E-state index contributed by atoms with van der Waals surface area (Å²) in [6, 6.07) is 1.53. The smallest absolute Gasteiger partial charge is 0.274 e. The molecule has 4 heteroatoms. The van der Waals surface area contributed by atoms with Crippen LogP contribution in [0.15, 0.2) is 23.3 Å². The summed E-state index contributed by atoms with van der Waals surface area (Å²) in [6.45, 7) is 1.31. The molecule has 1 heterocycles. The van der Waals surface area contributed by atoms with Gasteiger partial charge in [0.25, 0.3) is 0 Å². The average Bonchev–Trinajstić information content (AvgIpc) is 1.88. The average molecular weight is 138 g/mol. The van der Waals surface area contributed by atoms with Gasteiger partial charge >= 0.3 is 5.69 Å². The van der Waals surface area contributed by atoms with Crippen LogP contribution >= 0.6 is 0 Å². The van der Waals surface area contributed by atoms with Crippen LogP contribution in [-0.2, 0) is 0 Å². The Labute approximate surface area is 57.1 Å². The molecule has 0 spiro atoms. The molecule has 0 N–H and O–H groups in total. The maximum absolute atomic E-state index is 10.7. The first-order chi connectivity index (χ1) is 4.72. The minimum atomic E-state index is -0.532. The molecule has 0 saturated carbocycles. The van der Waals surface area contributed by atoms with Crippen molar-refractivity contribution in [3.8, 4) is 0 Å². The number of nitrogens with zero attached hydrogens (tertiary/aromatic N) is 2. The fourth-order valence-corrected chi connectivity index (χ4v) is 0.597. The zero-order valence-corrected chi connectivity index (χ0v) is 5.44. The predicted molar refractivity (Wildman–Crippen MR) is 34.8 cm³/mol. The summed E-state index contributed by atoms with van der Waals surface area (Å²) in [7, 11) is 0. The molecule has 52 valence electrons. The van der Waals surface area contributed by atoms with Gasteiger partial charge < -0.3 is 0 Å². The van der Waals surface area contributed by atoms with Crippen LogP contribution in [0, 0.1) is 0 Å². The molecule has 0 bridgehead atoms. The van der Waals surface area contributed by atoms with Crippen molar-refractivity contribution in [1.82, 2.24) is 9.55 Å². The molecule has 0 aliphatic rings. The first-order valence-electron chi connectivity index (χ1n) is 2.76. The van der Waals surface area contributed by atoms with Gasteiger partial charge in [0.15, 0.2) is 0 Å². The Morgan fingerprint density at radius 3 is 2.80 bits per heavy atom. The fourth-order valence-electron chi connectivity index (χ4n) is 0.597. The third-order valence-electron chi connectivity index (χ3n) is 1.05. The first-order valence-corrected chi connectivity index (χ1v) is 2.76. The van der Waals surface area contributed by atoms with Crippen LogP contribution in [0.1, 0.15) is 11.7 Å². The van der Waals surface area contributed by atoms with Gasteiger partial charge in [-0.15, -0.1) is 0 Å². The van der Waals surface area contributed by atoms with E-state index in [0.29, 0.717) is 0 Å². The second-order valence-corrected chi connectivity index (χ2v) is 1.79. The van der Waals surface area contributed by atoms with E-state index in [1.165, 1.54) is 25.4 Å². The van der Waals surface area contributed by atoms with Gasteiger partial charge in [0.1, 0.15) is 0 Å². The van der Waals surface area contributed by atoms with Crippen LogP contribution in [0.5, 0.6) is 0 Å². The third kappa shape index (κ3) is 1.10. The van der Waals surface area contributed by atoms with Crippen molar-refractivity contribution in [3.63, 3.8) is 0 Å². The minimum Gasteiger partial charge on any atom is -0.274 e. The summed E-state index contributed by atoms with van der Waals surface area (Å²) >= 11 is 0. The maximum atomic E-state index is 10.7. The van der Waals surface area contributed by atoms with E-state index in [-0.39, 0.29) is 5.91 Å². The second kappa shape index (κ2) is 2.43. The minimum absolute atomic E-state index is 0.321. The Kier molecular flexibility index (Phi) is 1.62. The van der Waals surface area contributed by atoms with Gasteiger partial charge in [0, 0.05) is 19.3 Å². The van der Waals surface area contributed by atoms with Gasteiger partial charge in [-0.25, -0.2) is 14.3 Å². The highest BCUT2D eigenvalue weighted by Crippen LogP contribution is 1.76. The Morgan fingerprint density at radius 2 is 2.40 bits per heavy atom. The van der Waals surface area contributed by atoms with Gasteiger partial charge in [-0.3, -0.25) is 4.79 Å². The van der Waals surface area contributed by atoms with E-state index < -0.39 is 5.69 Å². The number of carbonyl (C=O) groups excluding carboxylic acids is 1. The zero-order chi connectivity index (χ0) is 7.56. The Morgan fingerprint density at radius 1 is 1.70 bits per heavy atom. The molecule has 1 aromatic heterocycles. The lowest BCUT2D eigenvalue weighted by Gasteiger charge is -1.93. The van der Waals surface area contributed by atoms with Crippen LogP contribution in [0.4, 0.5) is 0 Å². The summed E-state index contributed by atoms with van der Waals surface area (Å²) in [5, 5.41) is 0. The number of aromatic nitrogens is 2. The molecule has 0 radical (unpaired) electrons. The highest BCUT2D eigenvalue weighted by Gasteiger charge is 1.96.